The van der Waals surface area contributed by atoms with Crippen LogP contribution in [0.2, 0.25) is 0 Å². The molecule has 0 spiro atoms. The highest BCUT2D eigenvalue weighted by atomic mass is 19.1. The molecule has 0 aliphatic carbocycles. The van der Waals surface area contributed by atoms with E-state index in [9.17, 15) is 14.0 Å². The van der Waals surface area contributed by atoms with E-state index in [-0.39, 0.29) is 18.3 Å². The number of hydrogen-bond acceptors (Lipinski definition) is 3. The van der Waals surface area contributed by atoms with Crippen LogP contribution in [0.15, 0.2) is 30.5 Å². The summed E-state index contributed by atoms with van der Waals surface area (Å²) in [4.78, 5) is 23.6. The molecule has 0 aliphatic rings. The third-order valence-electron chi connectivity index (χ3n) is 2.70. The van der Waals surface area contributed by atoms with Gasteiger partial charge in [-0.25, -0.2) is 9.18 Å². The fourth-order valence-electron chi connectivity index (χ4n) is 1.88. The molecule has 1 N–H and O–H groups in total. The number of nitrogens with one attached hydrogen (secondary N) is 1. The van der Waals surface area contributed by atoms with Gasteiger partial charge in [0.05, 0.1) is 5.52 Å². The van der Waals surface area contributed by atoms with Crippen LogP contribution in [0, 0.1) is 5.82 Å². The number of carbonyl (C=O) groups is 2. The van der Waals surface area contributed by atoms with Crippen LogP contribution in [0.4, 0.5) is 9.18 Å². The number of aromatic nitrogens is 1. The molecule has 21 heavy (non-hydrogen) atoms. The van der Waals surface area contributed by atoms with Gasteiger partial charge in [0.15, 0.2) is 0 Å². The monoisotopic (exact) mass is 292 g/mol. The highest BCUT2D eigenvalue weighted by Gasteiger charge is 2.17. The van der Waals surface area contributed by atoms with Crippen molar-refractivity contribution in [1.82, 2.24) is 9.88 Å². The van der Waals surface area contributed by atoms with E-state index in [2.05, 4.69) is 5.32 Å². The Hall–Kier alpha value is -2.37. The number of benzene rings is 1. The minimum atomic E-state index is -0.654. The minimum Gasteiger partial charge on any atom is -0.444 e. The maximum atomic E-state index is 13.1. The maximum Gasteiger partial charge on any atom is 0.408 e. The second kappa shape index (κ2) is 5.55. The molecule has 0 radical (unpaired) electrons. The van der Waals surface area contributed by atoms with Crippen molar-refractivity contribution < 1.29 is 18.7 Å². The minimum absolute atomic E-state index is 0.198. The molecule has 1 aromatic heterocycles. The first kappa shape index (κ1) is 15.0. The van der Waals surface area contributed by atoms with Crippen LogP contribution in [-0.2, 0) is 4.74 Å². The lowest BCUT2D eigenvalue weighted by atomic mass is 10.2. The van der Waals surface area contributed by atoms with Gasteiger partial charge >= 0.3 is 6.09 Å². The van der Waals surface area contributed by atoms with Gasteiger partial charge < -0.3 is 10.1 Å². The van der Waals surface area contributed by atoms with E-state index in [0.717, 1.165) is 0 Å². The van der Waals surface area contributed by atoms with Gasteiger partial charge in [0.1, 0.15) is 18.0 Å². The predicted molar refractivity (Wildman–Crippen MR) is 76.8 cm³/mol. The van der Waals surface area contributed by atoms with E-state index in [4.69, 9.17) is 4.74 Å². The van der Waals surface area contributed by atoms with Gasteiger partial charge in [-0.15, -0.1) is 0 Å². The van der Waals surface area contributed by atoms with Crippen molar-refractivity contribution in [2.24, 2.45) is 0 Å². The van der Waals surface area contributed by atoms with E-state index in [0.29, 0.717) is 10.9 Å². The van der Waals surface area contributed by atoms with Crippen molar-refractivity contribution in [3.05, 3.63) is 36.3 Å². The second-order valence-corrected chi connectivity index (χ2v) is 5.64. The molecule has 0 fully saturated rings. The van der Waals surface area contributed by atoms with Crippen molar-refractivity contribution >= 4 is 22.9 Å². The lowest BCUT2D eigenvalue weighted by Gasteiger charge is -2.19. The van der Waals surface area contributed by atoms with E-state index in [1.165, 1.54) is 22.8 Å². The van der Waals surface area contributed by atoms with Crippen molar-refractivity contribution in [1.29, 1.82) is 0 Å². The van der Waals surface area contributed by atoms with Crippen molar-refractivity contribution in [2.75, 3.05) is 6.54 Å². The quantitative estimate of drug-likeness (QED) is 0.925. The lowest BCUT2D eigenvalue weighted by molar-refractivity contribution is 0.0515. The van der Waals surface area contributed by atoms with Crippen molar-refractivity contribution in [3.63, 3.8) is 0 Å². The van der Waals surface area contributed by atoms with Crippen LogP contribution in [0.25, 0.3) is 10.9 Å². The average Bonchev–Trinajstić information content (AvgIpc) is 2.76. The molecule has 6 heteroatoms. The predicted octanol–water partition coefficient (Wildman–Crippen LogP) is 2.95. The highest BCUT2D eigenvalue weighted by Crippen LogP contribution is 2.16. The molecule has 5 nitrogen and oxygen atoms in total. The fourth-order valence-corrected chi connectivity index (χ4v) is 1.88. The van der Waals surface area contributed by atoms with Gasteiger partial charge in [-0.3, -0.25) is 9.36 Å². The average molecular weight is 292 g/mol. The number of ether oxygens (including phenoxy) is 1. The molecule has 0 atom stereocenters. The van der Waals surface area contributed by atoms with E-state index < -0.39 is 11.7 Å². The largest absolute Gasteiger partial charge is 0.444 e. The van der Waals surface area contributed by atoms with Crippen molar-refractivity contribution in [2.45, 2.75) is 26.4 Å². The summed E-state index contributed by atoms with van der Waals surface area (Å²) in [6.45, 7) is 5.02. The molecular weight excluding hydrogens is 275 g/mol. The zero-order chi connectivity index (χ0) is 15.6. The number of hydrogen-bond donors (Lipinski definition) is 1. The Morgan fingerprint density at radius 3 is 2.67 bits per heavy atom. The van der Waals surface area contributed by atoms with Gasteiger partial charge in [-0.2, -0.15) is 0 Å². The van der Waals surface area contributed by atoms with Gasteiger partial charge in [-0.05, 0) is 45.0 Å². The standard InChI is InChI=1S/C15H17FN2O3/c1-15(2,3)21-14(20)17-9-13(19)18-7-6-10-8-11(16)4-5-12(10)18/h4-8H,9H2,1-3H3,(H,17,20). The third kappa shape index (κ3) is 3.81. The van der Waals surface area contributed by atoms with Gasteiger partial charge in [-0.1, -0.05) is 0 Å². The number of carbonyl (C=O) groups excluding carboxylic acids is 2. The Kier molecular flexibility index (Phi) is 3.97. The summed E-state index contributed by atoms with van der Waals surface area (Å²) in [5.74, 6) is -0.693. The number of amides is 1. The fraction of sp³-hybridized carbons (Fsp3) is 0.333. The number of halogens is 1. The summed E-state index contributed by atoms with van der Waals surface area (Å²) in [6.07, 6.45) is 0.891. The van der Waals surface area contributed by atoms with Crippen LogP contribution in [-0.4, -0.2) is 28.7 Å². The molecule has 1 heterocycles. The molecule has 0 saturated carbocycles. The summed E-state index contributed by atoms with van der Waals surface area (Å²) in [5.41, 5.74) is -0.0301. The molecule has 2 aromatic rings. The molecular formula is C15H17FN2O3. The highest BCUT2D eigenvalue weighted by molar-refractivity contribution is 5.94. The SMILES string of the molecule is CC(C)(C)OC(=O)NCC(=O)n1ccc2cc(F)ccc21. The van der Waals surface area contributed by atoms with Gasteiger partial charge in [0.25, 0.3) is 5.91 Å². The smallest absolute Gasteiger partial charge is 0.408 e. The number of alkyl carbamates (subject to hydrolysis) is 1. The van der Waals surface area contributed by atoms with E-state index in [1.54, 1.807) is 33.0 Å². The molecule has 1 amide bonds. The molecule has 0 aliphatic heterocycles. The third-order valence-corrected chi connectivity index (χ3v) is 2.70. The molecule has 112 valence electrons. The lowest BCUT2D eigenvalue weighted by Crippen LogP contribution is -2.36. The molecule has 0 saturated heterocycles. The number of rotatable bonds is 2. The Bertz CT molecular complexity index is 686. The van der Waals surface area contributed by atoms with Crippen LogP contribution in [0.3, 0.4) is 0 Å². The zero-order valence-corrected chi connectivity index (χ0v) is 12.1. The second-order valence-electron chi connectivity index (χ2n) is 5.64. The number of nitrogens with zero attached hydrogens (tertiary/aromatic N) is 1. The van der Waals surface area contributed by atoms with Gasteiger partial charge in [0, 0.05) is 11.6 Å². The maximum absolute atomic E-state index is 13.1. The molecule has 0 bridgehead atoms. The summed E-state index contributed by atoms with van der Waals surface area (Å²) in [7, 11) is 0. The van der Waals surface area contributed by atoms with Crippen LogP contribution in [0.5, 0.6) is 0 Å². The molecule has 2 rings (SSSR count). The van der Waals surface area contributed by atoms with Crippen LogP contribution >= 0.6 is 0 Å². The van der Waals surface area contributed by atoms with E-state index in [1.807, 2.05) is 0 Å². The van der Waals surface area contributed by atoms with Crippen molar-refractivity contribution in [3.8, 4) is 0 Å². The molecule has 1 aromatic carbocycles. The Morgan fingerprint density at radius 2 is 2.00 bits per heavy atom. The van der Waals surface area contributed by atoms with Gasteiger partial charge in [0.2, 0.25) is 0 Å². The summed E-state index contributed by atoms with van der Waals surface area (Å²) >= 11 is 0. The van der Waals surface area contributed by atoms with Crippen LogP contribution in [0.1, 0.15) is 25.6 Å². The summed E-state index contributed by atoms with van der Waals surface area (Å²) < 4.78 is 19.5. The summed E-state index contributed by atoms with van der Waals surface area (Å²) in [6, 6.07) is 5.80. The Morgan fingerprint density at radius 1 is 1.29 bits per heavy atom. The first-order valence-electron chi connectivity index (χ1n) is 6.53. The first-order chi connectivity index (χ1) is 9.76. The Balaban J connectivity index is 2.04. The van der Waals surface area contributed by atoms with Crippen LogP contribution < -0.4 is 5.32 Å². The topological polar surface area (TPSA) is 60.3 Å². The first-order valence-corrected chi connectivity index (χ1v) is 6.53. The zero-order valence-electron chi connectivity index (χ0n) is 12.1. The molecule has 0 unspecified atom stereocenters. The number of fused-ring (bicyclic) bond motifs is 1. The van der Waals surface area contributed by atoms with E-state index >= 15 is 0 Å². The Labute approximate surface area is 121 Å². The summed E-state index contributed by atoms with van der Waals surface area (Å²) in [5, 5.41) is 3.02. The normalized spacial score (nSPS) is 11.4.